The number of allylic oxidation sites excluding steroid dienone is 2. The molecule has 10 N–H and O–H groups in total. The maximum absolute atomic E-state index is 14.7. The average molecular weight is 985 g/mol. The zero-order valence-corrected chi connectivity index (χ0v) is 39.6. The molecular formula is C47H68O22. The number of hydrogen-bond donors (Lipinski definition) is 10. The summed E-state index contributed by atoms with van der Waals surface area (Å²) in [4.78, 5) is 64.5. The van der Waals surface area contributed by atoms with Crippen molar-refractivity contribution in [3.8, 4) is 0 Å². The van der Waals surface area contributed by atoms with Crippen LogP contribution in [0, 0.1) is 50.2 Å². The first-order chi connectivity index (χ1) is 32.1. The predicted octanol–water partition coefficient (Wildman–Crippen LogP) is 0.736. The van der Waals surface area contributed by atoms with Gasteiger partial charge in [0.05, 0.1) is 23.5 Å². The summed E-state index contributed by atoms with van der Waals surface area (Å²) in [5.41, 5.74) is -3.18. The van der Waals surface area contributed by atoms with Crippen LogP contribution in [-0.2, 0) is 57.1 Å². The second-order valence-corrected chi connectivity index (χ2v) is 22.7. The Morgan fingerprint density at radius 1 is 0.739 bits per heavy atom. The lowest BCUT2D eigenvalue weighted by Crippen LogP contribution is -2.72. The summed E-state index contributed by atoms with van der Waals surface area (Å²) < 4.78 is 39.4. The Morgan fingerprint density at radius 2 is 1.42 bits per heavy atom. The van der Waals surface area contributed by atoms with Gasteiger partial charge in [-0.15, -0.1) is 0 Å². The van der Waals surface area contributed by atoms with Gasteiger partial charge in [-0.3, -0.25) is 9.59 Å². The molecule has 3 saturated heterocycles. The summed E-state index contributed by atoms with van der Waals surface area (Å²) in [5.74, 6) is -11.5. The Balaban J connectivity index is 1.07. The molecule has 0 aromatic heterocycles. The largest absolute Gasteiger partial charge is 0.481 e. The maximum Gasteiger partial charge on any atom is 0.369 e. The van der Waals surface area contributed by atoms with Gasteiger partial charge >= 0.3 is 35.6 Å². The van der Waals surface area contributed by atoms with Crippen molar-refractivity contribution < 1.29 is 108 Å². The molecule has 22 heteroatoms. The number of hydrogen-bond acceptors (Lipinski definition) is 18. The molecule has 0 aromatic carbocycles. The van der Waals surface area contributed by atoms with Crippen LogP contribution in [0.15, 0.2) is 11.6 Å². The molecule has 0 radical (unpaired) electrons. The third-order valence-corrected chi connectivity index (χ3v) is 18.8. The first-order valence-corrected chi connectivity index (χ1v) is 23.9. The van der Waals surface area contributed by atoms with E-state index in [0.29, 0.717) is 57.8 Å². The lowest BCUT2D eigenvalue weighted by atomic mass is 9.33. The molecule has 388 valence electrons. The molecule has 0 aromatic rings. The van der Waals surface area contributed by atoms with Crippen LogP contribution >= 0.6 is 0 Å². The third-order valence-electron chi connectivity index (χ3n) is 18.8. The number of aliphatic hydroxyl groups is 6. The van der Waals surface area contributed by atoms with Gasteiger partial charge in [-0.05, 0) is 111 Å². The van der Waals surface area contributed by atoms with Crippen LogP contribution in [0.2, 0.25) is 0 Å². The zero-order valence-electron chi connectivity index (χ0n) is 39.6. The van der Waals surface area contributed by atoms with Crippen molar-refractivity contribution in [1.82, 2.24) is 0 Å². The van der Waals surface area contributed by atoms with E-state index in [0.717, 1.165) is 5.57 Å². The number of carboxylic acids is 4. The molecule has 3 heterocycles. The van der Waals surface area contributed by atoms with E-state index in [2.05, 4.69) is 40.7 Å². The van der Waals surface area contributed by atoms with Gasteiger partial charge in [0.2, 0.25) is 12.6 Å². The standard InChI is InChI=1S/C47H68O22/c1-41(2)13-15-46(39(61)68-35-29(53)28(52)27(51)22(18-48)64-35)16-14-43(4)20(21(46)17-41)7-8-23-42(3)11-10-25(45(6,37(57)58)24(42)9-12-44(23,43)5)65-36-30(54)31-32(33(66-36)34(55)56)69-47(62,38(59)60)40(67-31)63-19-26(49)50/h7,21-25,27-33,35-36,40,48,51-54,62H,8-19H2,1-6H3,(H,49,50)(H,55,56)(H,57,58)(H,59,60)/t21-,22+,23+,24-,25-,27+,28-,29+,30+,31+,32-,33-,35-,36+,40-,42+,43+,44+,45-,46-,47-/m0/s1. The molecule has 21 atom stereocenters. The number of aliphatic carboxylic acids is 4. The SMILES string of the molecule is CC1(C)CC[C@]2(C(=O)O[C@@H]3O[C@H](CO)[C@@H](O)[C@H](O)[C@H]3O)CC[C@]3(C)C(=CC[C@@H]4[C@@]5(C)CC[C@H](O[C@@H]6O[C@H](C(=O)O)[C@H]7O[C@@](O)(C(=O)O)[C@@H](OCC(=O)O)O[C@@H]7[C@H]6O)[C@@](C)(C(=O)O)[C@H]5CC[C@]43C)[C@@H]2C1. The fourth-order valence-corrected chi connectivity index (χ4v) is 14.7. The van der Waals surface area contributed by atoms with Crippen molar-refractivity contribution in [2.24, 2.45) is 50.2 Å². The van der Waals surface area contributed by atoms with Gasteiger partial charge in [-0.1, -0.05) is 46.3 Å². The van der Waals surface area contributed by atoms with E-state index in [1.165, 1.54) is 0 Å². The monoisotopic (exact) mass is 984 g/mol. The van der Waals surface area contributed by atoms with Gasteiger partial charge in [0.25, 0.3) is 0 Å². The van der Waals surface area contributed by atoms with Crippen molar-refractivity contribution in [1.29, 1.82) is 0 Å². The smallest absolute Gasteiger partial charge is 0.369 e. The topological polar surface area (TPSA) is 352 Å². The molecule has 8 rings (SSSR count). The minimum atomic E-state index is -3.42. The Hall–Kier alpha value is -3.39. The maximum atomic E-state index is 14.7. The summed E-state index contributed by atoms with van der Waals surface area (Å²) in [5, 5.41) is 104. The molecule has 22 nitrogen and oxygen atoms in total. The average Bonchev–Trinajstić information content (AvgIpc) is 3.27. The highest BCUT2D eigenvalue weighted by Gasteiger charge is 2.72. The normalized spacial score (nSPS) is 50.1. The van der Waals surface area contributed by atoms with Crippen molar-refractivity contribution in [2.45, 2.75) is 185 Å². The molecule has 0 bridgehead atoms. The van der Waals surface area contributed by atoms with Crippen molar-refractivity contribution in [3.05, 3.63) is 11.6 Å². The fourth-order valence-electron chi connectivity index (χ4n) is 14.7. The van der Waals surface area contributed by atoms with Crippen LogP contribution in [0.5, 0.6) is 0 Å². The van der Waals surface area contributed by atoms with Gasteiger partial charge in [0.15, 0.2) is 12.4 Å². The van der Waals surface area contributed by atoms with Crippen LogP contribution in [0.1, 0.15) is 106 Å². The van der Waals surface area contributed by atoms with Crippen LogP contribution in [0.4, 0.5) is 0 Å². The van der Waals surface area contributed by atoms with Gasteiger partial charge < -0.3 is 84.2 Å². The number of carbonyl (C=O) groups excluding carboxylic acids is 1. The number of carboxylic acid groups (broad SMARTS) is 4. The van der Waals surface area contributed by atoms with Gasteiger partial charge in [0.1, 0.15) is 49.3 Å². The summed E-state index contributed by atoms with van der Waals surface area (Å²) in [6.45, 7) is 10.7. The number of esters is 1. The van der Waals surface area contributed by atoms with E-state index in [1.807, 2.05) is 0 Å². The third kappa shape index (κ3) is 7.85. The number of fused-ring (bicyclic) bond motifs is 8. The fraction of sp³-hybridized carbons (Fsp3) is 0.851. The van der Waals surface area contributed by atoms with E-state index in [4.69, 9.17) is 38.3 Å². The second kappa shape index (κ2) is 17.7. The summed E-state index contributed by atoms with van der Waals surface area (Å²) in [7, 11) is 0. The van der Waals surface area contributed by atoms with Crippen molar-refractivity contribution in [3.63, 3.8) is 0 Å². The van der Waals surface area contributed by atoms with Crippen molar-refractivity contribution in [2.75, 3.05) is 13.2 Å². The number of ether oxygens (including phenoxy) is 7. The lowest BCUT2D eigenvalue weighted by molar-refractivity contribution is -0.435. The van der Waals surface area contributed by atoms with Gasteiger partial charge in [0, 0.05) is 0 Å². The molecule has 0 amide bonds. The molecule has 8 aliphatic rings. The number of rotatable bonds is 11. The quantitative estimate of drug-likeness (QED) is 0.0775. The minimum absolute atomic E-state index is 0.0699. The van der Waals surface area contributed by atoms with Crippen LogP contribution < -0.4 is 0 Å². The number of carbonyl (C=O) groups is 5. The van der Waals surface area contributed by atoms with E-state index in [9.17, 15) is 69.9 Å². The lowest BCUT2D eigenvalue weighted by Gasteiger charge is -2.71. The summed E-state index contributed by atoms with van der Waals surface area (Å²) >= 11 is 0. The molecule has 7 fully saturated rings. The molecule has 3 aliphatic heterocycles. The Kier molecular flexibility index (Phi) is 13.3. The van der Waals surface area contributed by atoms with Crippen LogP contribution in [-0.4, -0.2) is 174 Å². The molecule has 0 unspecified atom stereocenters. The first-order valence-electron chi connectivity index (χ1n) is 23.9. The second-order valence-electron chi connectivity index (χ2n) is 22.7. The summed E-state index contributed by atoms with van der Waals surface area (Å²) in [6, 6.07) is 0. The van der Waals surface area contributed by atoms with Crippen LogP contribution in [0.25, 0.3) is 0 Å². The molecule has 5 aliphatic carbocycles. The zero-order chi connectivity index (χ0) is 50.8. The molecule has 4 saturated carbocycles. The number of aliphatic hydroxyl groups excluding tert-OH is 5. The predicted molar refractivity (Wildman–Crippen MR) is 228 cm³/mol. The van der Waals surface area contributed by atoms with Crippen LogP contribution in [0.3, 0.4) is 0 Å². The van der Waals surface area contributed by atoms with E-state index >= 15 is 0 Å². The highest BCUT2D eigenvalue weighted by Crippen LogP contribution is 2.76. The molecule has 0 spiro atoms. The highest BCUT2D eigenvalue weighted by molar-refractivity contribution is 5.79. The molecule has 69 heavy (non-hydrogen) atoms. The Bertz CT molecular complexity index is 2100. The molecular weight excluding hydrogens is 916 g/mol. The Morgan fingerprint density at radius 3 is 2.04 bits per heavy atom. The van der Waals surface area contributed by atoms with E-state index < -0.39 is 156 Å². The van der Waals surface area contributed by atoms with E-state index in [-0.39, 0.29) is 23.7 Å². The Labute approximate surface area is 397 Å². The highest BCUT2D eigenvalue weighted by atomic mass is 16.8. The summed E-state index contributed by atoms with van der Waals surface area (Å²) in [6.07, 6.45) is -14.1. The van der Waals surface area contributed by atoms with Gasteiger partial charge in [-0.25, -0.2) is 14.4 Å². The van der Waals surface area contributed by atoms with E-state index in [1.54, 1.807) is 6.92 Å². The first kappa shape index (κ1) is 51.9. The van der Waals surface area contributed by atoms with Crippen molar-refractivity contribution >= 4 is 29.8 Å². The van der Waals surface area contributed by atoms with Gasteiger partial charge in [-0.2, -0.15) is 0 Å². The minimum Gasteiger partial charge on any atom is -0.481 e.